The van der Waals surface area contributed by atoms with E-state index in [-0.39, 0.29) is 5.56 Å². The predicted octanol–water partition coefficient (Wildman–Crippen LogP) is 2.67. The number of carbonyl (C=O) groups is 1. The molecule has 5 nitrogen and oxygen atoms in total. The number of benzene rings is 1. The van der Waals surface area contributed by atoms with Crippen molar-refractivity contribution in [1.29, 1.82) is 5.26 Å². The zero-order chi connectivity index (χ0) is 13.8. The molecule has 1 heterocycles. The number of nitrogens with zero attached hydrogens (tertiary/aromatic N) is 3. The highest BCUT2D eigenvalue weighted by molar-refractivity contribution is 7.99. The minimum absolute atomic E-state index is 0.242. The van der Waals surface area contributed by atoms with Gasteiger partial charge >= 0.3 is 5.97 Å². The van der Waals surface area contributed by atoms with Crippen molar-refractivity contribution in [1.82, 2.24) is 9.55 Å². The fourth-order valence-electron chi connectivity index (χ4n) is 1.75. The molecule has 0 bridgehead atoms. The van der Waals surface area contributed by atoms with Gasteiger partial charge in [0.05, 0.1) is 22.7 Å². The smallest absolute Gasteiger partial charge is 0.335 e. The maximum atomic E-state index is 10.9. The molecule has 0 fully saturated rings. The highest BCUT2D eigenvalue weighted by atomic mass is 32.2. The summed E-state index contributed by atoms with van der Waals surface area (Å²) in [4.78, 5) is 15.3. The monoisotopic (exact) mass is 275 g/mol. The van der Waals surface area contributed by atoms with E-state index in [0.29, 0.717) is 11.9 Å². The van der Waals surface area contributed by atoms with E-state index < -0.39 is 5.97 Å². The number of hydrogen-bond donors (Lipinski definition) is 1. The van der Waals surface area contributed by atoms with E-state index in [1.807, 2.05) is 11.6 Å². The summed E-state index contributed by atoms with van der Waals surface area (Å²) in [6.07, 6.45) is 1.37. The van der Waals surface area contributed by atoms with Crippen molar-refractivity contribution in [3.8, 4) is 6.07 Å². The first-order valence-corrected chi connectivity index (χ1v) is 6.81. The number of nitriles is 1. The van der Waals surface area contributed by atoms with Gasteiger partial charge in [-0.2, -0.15) is 5.26 Å². The Morgan fingerprint density at radius 2 is 2.37 bits per heavy atom. The number of aromatic carboxylic acids is 1. The molecule has 0 aliphatic rings. The number of unbranched alkanes of at least 4 members (excludes halogenated alkanes) is 1. The zero-order valence-corrected chi connectivity index (χ0v) is 11.3. The molecule has 0 amide bonds. The molecule has 0 aliphatic heterocycles. The normalized spacial score (nSPS) is 10.5. The Kier molecular flexibility index (Phi) is 4.07. The number of carboxylic acid groups (broad SMARTS) is 1. The standard InChI is InChI=1S/C13H13N3O2S/c1-16-11-5-4-9(12(17)18)8-10(11)15-13(16)19-7-3-2-6-14/h4-5,8H,2-3,7H2,1H3,(H,17,18). The van der Waals surface area contributed by atoms with E-state index in [1.54, 1.807) is 30.0 Å². The van der Waals surface area contributed by atoms with Gasteiger partial charge in [-0.1, -0.05) is 11.8 Å². The molecule has 6 heteroatoms. The van der Waals surface area contributed by atoms with Gasteiger partial charge in [0.15, 0.2) is 5.16 Å². The van der Waals surface area contributed by atoms with Crippen LogP contribution in [0.2, 0.25) is 0 Å². The van der Waals surface area contributed by atoms with Gasteiger partial charge in [0, 0.05) is 19.2 Å². The van der Waals surface area contributed by atoms with Crippen LogP contribution >= 0.6 is 11.8 Å². The zero-order valence-electron chi connectivity index (χ0n) is 10.5. The van der Waals surface area contributed by atoms with Gasteiger partial charge in [0.1, 0.15) is 0 Å². The molecular weight excluding hydrogens is 262 g/mol. The minimum atomic E-state index is -0.948. The number of aromatic nitrogens is 2. The SMILES string of the molecule is Cn1c(SCCCC#N)nc2cc(C(=O)O)ccc21. The van der Waals surface area contributed by atoms with E-state index in [4.69, 9.17) is 10.4 Å². The van der Waals surface area contributed by atoms with Gasteiger partial charge in [-0.05, 0) is 24.6 Å². The van der Waals surface area contributed by atoms with Crippen molar-refractivity contribution in [2.24, 2.45) is 7.05 Å². The fraction of sp³-hybridized carbons (Fsp3) is 0.308. The molecule has 0 atom stereocenters. The summed E-state index contributed by atoms with van der Waals surface area (Å²) in [5.74, 6) is -0.118. The summed E-state index contributed by atoms with van der Waals surface area (Å²) in [5.41, 5.74) is 1.84. The van der Waals surface area contributed by atoms with Crippen LogP contribution in [-0.4, -0.2) is 26.4 Å². The summed E-state index contributed by atoms with van der Waals surface area (Å²) in [6.45, 7) is 0. The van der Waals surface area contributed by atoms with E-state index in [1.165, 1.54) is 0 Å². The largest absolute Gasteiger partial charge is 0.478 e. The Morgan fingerprint density at radius 1 is 1.58 bits per heavy atom. The predicted molar refractivity (Wildman–Crippen MR) is 73.2 cm³/mol. The van der Waals surface area contributed by atoms with Crippen molar-refractivity contribution in [2.45, 2.75) is 18.0 Å². The molecule has 1 N–H and O–H groups in total. The molecular formula is C13H13N3O2S. The number of rotatable bonds is 5. The lowest BCUT2D eigenvalue weighted by Crippen LogP contribution is -1.95. The lowest BCUT2D eigenvalue weighted by molar-refractivity contribution is 0.0697. The topological polar surface area (TPSA) is 78.9 Å². The molecule has 2 aromatic rings. The van der Waals surface area contributed by atoms with Crippen LogP contribution in [0, 0.1) is 11.3 Å². The number of thioether (sulfide) groups is 1. The average molecular weight is 275 g/mol. The lowest BCUT2D eigenvalue weighted by atomic mass is 10.2. The number of hydrogen-bond acceptors (Lipinski definition) is 4. The molecule has 98 valence electrons. The summed E-state index contributed by atoms with van der Waals surface area (Å²) >= 11 is 1.58. The Bertz CT molecular complexity index is 658. The van der Waals surface area contributed by atoms with Crippen LogP contribution in [0.5, 0.6) is 0 Å². The van der Waals surface area contributed by atoms with Crippen molar-refractivity contribution in [3.05, 3.63) is 23.8 Å². The second-order valence-corrected chi connectivity index (χ2v) is 5.13. The third kappa shape index (κ3) is 2.88. The first-order valence-electron chi connectivity index (χ1n) is 5.83. The average Bonchev–Trinajstić information content (AvgIpc) is 2.71. The molecule has 1 aromatic heterocycles. The van der Waals surface area contributed by atoms with Crippen molar-refractivity contribution in [2.75, 3.05) is 5.75 Å². The van der Waals surface area contributed by atoms with E-state index in [2.05, 4.69) is 11.1 Å². The molecule has 0 saturated carbocycles. The van der Waals surface area contributed by atoms with Crippen LogP contribution < -0.4 is 0 Å². The summed E-state index contributed by atoms with van der Waals surface area (Å²) in [5, 5.41) is 18.3. The van der Waals surface area contributed by atoms with Gasteiger partial charge in [-0.25, -0.2) is 9.78 Å². The quantitative estimate of drug-likeness (QED) is 0.670. The van der Waals surface area contributed by atoms with Gasteiger partial charge < -0.3 is 9.67 Å². The number of imidazole rings is 1. The van der Waals surface area contributed by atoms with Crippen molar-refractivity contribution >= 4 is 28.8 Å². The maximum Gasteiger partial charge on any atom is 0.335 e. The third-order valence-corrected chi connectivity index (χ3v) is 3.87. The maximum absolute atomic E-state index is 10.9. The third-order valence-electron chi connectivity index (χ3n) is 2.75. The van der Waals surface area contributed by atoms with Crippen molar-refractivity contribution < 1.29 is 9.90 Å². The number of carboxylic acids is 1. The van der Waals surface area contributed by atoms with E-state index in [0.717, 1.165) is 22.8 Å². The molecule has 0 saturated heterocycles. The van der Waals surface area contributed by atoms with Crippen LogP contribution in [0.3, 0.4) is 0 Å². The molecule has 0 aliphatic carbocycles. The van der Waals surface area contributed by atoms with Crippen LogP contribution in [0.25, 0.3) is 11.0 Å². The number of fused-ring (bicyclic) bond motifs is 1. The first kappa shape index (κ1) is 13.4. The highest BCUT2D eigenvalue weighted by Gasteiger charge is 2.10. The minimum Gasteiger partial charge on any atom is -0.478 e. The van der Waals surface area contributed by atoms with Crippen LogP contribution in [-0.2, 0) is 7.05 Å². The summed E-state index contributed by atoms with van der Waals surface area (Å²) < 4.78 is 1.94. The molecule has 0 spiro atoms. The van der Waals surface area contributed by atoms with Crippen LogP contribution in [0.15, 0.2) is 23.4 Å². The van der Waals surface area contributed by atoms with Gasteiger partial charge in [-0.3, -0.25) is 0 Å². The second-order valence-electron chi connectivity index (χ2n) is 4.07. The molecule has 2 rings (SSSR count). The molecule has 19 heavy (non-hydrogen) atoms. The first-order chi connectivity index (χ1) is 9.13. The molecule has 0 unspecified atom stereocenters. The Morgan fingerprint density at radius 3 is 3.05 bits per heavy atom. The molecule has 0 radical (unpaired) electrons. The van der Waals surface area contributed by atoms with Crippen LogP contribution in [0.4, 0.5) is 0 Å². The van der Waals surface area contributed by atoms with Crippen molar-refractivity contribution in [3.63, 3.8) is 0 Å². The lowest BCUT2D eigenvalue weighted by Gasteiger charge is -2.00. The van der Waals surface area contributed by atoms with Crippen LogP contribution in [0.1, 0.15) is 23.2 Å². The Balaban J connectivity index is 2.24. The van der Waals surface area contributed by atoms with Gasteiger partial charge in [0.25, 0.3) is 0 Å². The summed E-state index contributed by atoms with van der Waals surface area (Å²) in [7, 11) is 1.91. The second kappa shape index (κ2) is 5.76. The van der Waals surface area contributed by atoms with Gasteiger partial charge in [-0.15, -0.1) is 0 Å². The fourth-order valence-corrected chi connectivity index (χ4v) is 2.68. The number of aryl methyl sites for hydroxylation is 1. The van der Waals surface area contributed by atoms with E-state index >= 15 is 0 Å². The van der Waals surface area contributed by atoms with Gasteiger partial charge in [0.2, 0.25) is 0 Å². The Hall–Kier alpha value is -2.00. The van der Waals surface area contributed by atoms with E-state index in [9.17, 15) is 4.79 Å². The molecule has 1 aromatic carbocycles. The Labute approximate surface area is 114 Å². The summed E-state index contributed by atoms with van der Waals surface area (Å²) in [6, 6.07) is 7.04. The highest BCUT2D eigenvalue weighted by Crippen LogP contribution is 2.24.